The Balaban J connectivity index is 1.67. The molecule has 2 aliphatic carbocycles. The summed E-state index contributed by atoms with van der Waals surface area (Å²) in [5.41, 5.74) is 0. The molecule has 106 valence electrons. The Labute approximate surface area is 112 Å². The molecule has 3 nitrogen and oxygen atoms in total. The van der Waals surface area contributed by atoms with Gasteiger partial charge in [0, 0.05) is 18.1 Å². The van der Waals surface area contributed by atoms with E-state index in [9.17, 15) is 5.11 Å². The molecule has 0 radical (unpaired) electrons. The van der Waals surface area contributed by atoms with Crippen LogP contribution in [0.1, 0.15) is 51.9 Å². The number of aliphatic hydroxyl groups excluding tert-OH is 1. The first-order valence-electron chi connectivity index (χ1n) is 7.76. The van der Waals surface area contributed by atoms with Crippen molar-refractivity contribution in [2.75, 3.05) is 20.2 Å². The lowest BCUT2D eigenvalue weighted by molar-refractivity contribution is 0.148. The second kappa shape index (κ2) is 6.88. The Morgan fingerprint density at radius 1 is 1.28 bits per heavy atom. The lowest BCUT2D eigenvalue weighted by atomic mass is 9.86. The van der Waals surface area contributed by atoms with Gasteiger partial charge in [0.15, 0.2) is 0 Å². The number of aliphatic hydroxyl groups is 1. The Morgan fingerprint density at radius 2 is 2.06 bits per heavy atom. The number of hydrogen-bond acceptors (Lipinski definition) is 3. The average Bonchev–Trinajstić information content (AvgIpc) is 3.18. The molecular weight excluding hydrogens is 224 g/mol. The summed E-state index contributed by atoms with van der Waals surface area (Å²) in [7, 11) is 2.26. The van der Waals surface area contributed by atoms with Crippen LogP contribution in [0.2, 0.25) is 0 Å². The summed E-state index contributed by atoms with van der Waals surface area (Å²) in [5.74, 6) is 0.893. The molecule has 0 heterocycles. The molecule has 0 aliphatic heterocycles. The van der Waals surface area contributed by atoms with E-state index in [1.54, 1.807) is 0 Å². The van der Waals surface area contributed by atoms with E-state index in [-0.39, 0.29) is 6.61 Å². The van der Waals surface area contributed by atoms with E-state index >= 15 is 0 Å². The second-order valence-electron chi connectivity index (χ2n) is 6.52. The van der Waals surface area contributed by atoms with Gasteiger partial charge in [-0.1, -0.05) is 19.8 Å². The van der Waals surface area contributed by atoms with Crippen molar-refractivity contribution in [1.82, 2.24) is 10.2 Å². The number of rotatable bonds is 7. The van der Waals surface area contributed by atoms with Crippen molar-refractivity contribution in [3.63, 3.8) is 0 Å². The van der Waals surface area contributed by atoms with Crippen molar-refractivity contribution in [3.05, 3.63) is 0 Å². The molecule has 3 heteroatoms. The van der Waals surface area contributed by atoms with Crippen molar-refractivity contribution in [2.45, 2.75) is 70.0 Å². The zero-order valence-corrected chi connectivity index (χ0v) is 12.1. The van der Waals surface area contributed by atoms with Gasteiger partial charge in [-0.25, -0.2) is 0 Å². The van der Waals surface area contributed by atoms with Crippen LogP contribution in [0, 0.1) is 5.92 Å². The van der Waals surface area contributed by atoms with Crippen molar-refractivity contribution in [3.8, 4) is 0 Å². The van der Waals surface area contributed by atoms with Crippen molar-refractivity contribution < 1.29 is 5.11 Å². The molecule has 2 rings (SSSR count). The topological polar surface area (TPSA) is 35.5 Å². The summed E-state index contributed by atoms with van der Waals surface area (Å²) in [6.07, 6.45) is 9.19. The van der Waals surface area contributed by atoms with Gasteiger partial charge in [0.1, 0.15) is 0 Å². The van der Waals surface area contributed by atoms with Crippen LogP contribution in [0.25, 0.3) is 0 Å². The smallest absolute Gasteiger partial charge is 0.0585 e. The van der Waals surface area contributed by atoms with Crippen molar-refractivity contribution >= 4 is 0 Å². The Kier molecular flexibility index (Phi) is 5.46. The Hall–Kier alpha value is -0.120. The summed E-state index contributed by atoms with van der Waals surface area (Å²) in [4.78, 5) is 2.52. The standard InChI is InChI=1S/C15H30N2O/c1-12-4-3-5-15(10-12)17(2)9-8-14(11-18)16-13-6-7-13/h12-16,18H,3-11H2,1-2H3. The van der Waals surface area contributed by atoms with Gasteiger partial charge in [-0.3, -0.25) is 0 Å². The van der Waals surface area contributed by atoms with Crippen LogP contribution in [0.4, 0.5) is 0 Å². The molecule has 3 atom stereocenters. The first-order chi connectivity index (χ1) is 8.69. The van der Waals surface area contributed by atoms with Gasteiger partial charge in [-0.05, 0) is 51.6 Å². The molecule has 0 aromatic heterocycles. The summed E-state index contributed by atoms with van der Waals surface area (Å²) >= 11 is 0. The highest BCUT2D eigenvalue weighted by Gasteiger charge is 2.26. The van der Waals surface area contributed by atoms with Crippen LogP contribution in [0.5, 0.6) is 0 Å². The fourth-order valence-corrected chi connectivity index (χ4v) is 3.16. The molecule has 2 fully saturated rings. The molecule has 2 N–H and O–H groups in total. The third kappa shape index (κ3) is 4.52. The third-order valence-corrected chi connectivity index (χ3v) is 4.63. The molecular formula is C15H30N2O. The summed E-state index contributed by atoms with van der Waals surface area (Å²) in [6, 6.07) is 1.78. The van der Waals surface area contributed by atoms with Gasteiger partial charge < -0.3 is 15.3 Å². The number of nitrogens with one attached hydrogen (secondary N) is 1. The van der Waals surface area contributed by atoms with E-state index in [0.717, 1.165) is 24.9 Å². The minimum absolute atomic E-state index is 0.283. The molecule has 18 heavy (non-hydrogen) atoms. The second-order valence-corrected chi connectivity index (χ2v) is 6.52. The van der Waals surface area contributed by atoms with Gasteiger partial charge in [0.2, 0.25) is 0 Å². The summed E-state index contributed by atoms with van der Waals surface area (Å²) in [5, 5.41) is 12.9. The van der Waals surface area contributed by atoms with Crippen LogP contribution < -0.4 is 5.32 Å². The van der Waals surface area contributed by atoms with Gasteiger partial charge in [-0.2, -0.15) is 0 Å². The van der Waals surface area contributed by atoms with E-state index in [0.29, 0.717) is 12.1 Å². The summed E-state index contributed by atoms with van der Waals surface area (Å²) in [6.45, 7) is 3.78. The molecule has 0 aromatic rings. The first-order valence-corrected chi connectivity index (χ1v) is 7.76. The maximum atomic E-state index is 9.39. The summed E-state index contributed by atoms with van der Waals surface area (Å²) < 4.78 is 0. The fraction of sp³-hybridized carbons (Fsp3) is 1.00. The fourth-order valence-electron chi connectivity index (χ4n) is 3.16. The van der Waals surface area contributed by atoms with Gasteiger partial charge >= 0.3 is 0 Å². The van der Waals surface area contributed by atoms with E-state index in [1.165, 1.54) is 38.5 Å². The van der Waals surface area contributed by atoms with Crippen LogP contribution in [-0.2, 0) is 0 Å². The number of nitrogens with zero attached hydrogens (tertiary/aromatic N) is 1. The zero-order valence-electron chi connectivity index (χ0n) is 12.1. The monoisotopic (exact) mass is 254 g/mol. The van der Waals surface area contributed by atoms with Gasteiger partial charge in [0.25, 0.3) is 0 Å². The van der Waals surface area contributed by atoms with Crippen LogP contribution >= 0.6 is 0 Å². The highest BCUT2D eigenvalue weighted by molar-refractivity contribution is 4.85. The molecule has 0 bridgehead atoms. The van der Waals surface area contributed by atoms with Gasteiger partial charge in [-0.15, -0.1) is 0 Å². The lowest BCUT2D eigenvalue weighted by Crippen LogP contribution is -2.41. The predicted octanol–water partition coefficient (Wildman–Crippen LogP) is 2.00. The Bertz CT molecular complexity index is 243. The highest BCUT2D eigenvalue weighted by Crippen LogP contribution is 2.27. The van der Waals surface area contributed by atoms with Crippen molar-refractivity contribution in [2.24, 2.45) is 5.92 Å². The van der Waals surface area contributed by atoms with Gasteiger partial charge in [0.05, 0.1) is 6.61 Å². The SMILES string of the molecule is CC1CCCC(N(C)CCC(CO)NC2CC2)C1. The number of hydrogen-bond donors (Lipinski definition) is 2. The zero-order chi connectivity index (χ0) is 13.0. The molecule has 3 unspecified atom stereocenters. The highest BCUT2D eigenvalue weighted by atomic mass is 16.3. The van der Waals surface area contributed by atoms with Crippen LogP contribution in [-0.4, -0.2) is 48.3 Å². The lowest BCUT2D eigenvalue weighted by Gasteiger charge is -2.34. The maximum absolute atomic E-state index is 9.39. The molecule has 2 saturated carbocycles. The largest absolute Gasteiger partial charge is 0.395 e. The quantitative estimate of drug-likeness (QED) is 0.729. The molecule has 0 saturated heterocycles. The maximum Gasteiger partial charge on any atom is 0.0585 e. The van der Waals surface area contributed by atoms with E-state index in [1.807, 2.05) is 0 Å². The van der Waals surface area contributed by atoms with Crippen LogP contribution in [0.15, 0.2) is 0 Å². The molecule has 0 spiro atoms. The van der Waals surface area contributed by atoms with Crippen molar-refractivity contribution in [1.29, 1.82) is 0 Å². The van der Waals surface area contributed by atoms with E-state index in [2.05, 4.69) is 24.2 Å². The minimum Gasteiger partial charge on any atom is -0.395 e. The van der Waals surface area contributed by atoms with Crippen LogP contribution in [0.3, 0.4) is 0 Å². The minimum atomic E-state index is 0.283. The average molecular weight is 254 g/mol. The molecule has 2 aliphatic rings. The third-order valence-electron chi connectivity index (χ3n) is 4.63. The Morgan fingerprint density at radius 3 is 2.67 bits per heavy atom. The van der Waals surface area contributed by atoms with E-state index < -0.39 is 0 Å². The molecule has 0 amide bonds. The first kappa shape index (κ1) is 14.3. The van der Waals surface area contributed by atoms with E-state index in [4.69, 9.17) is 0 Å². The predicted molar refractivity (Wildman–Crippen MR) is 75.7 cm³/mol. The molecule has 0 aromatic carbocycles. The normalized spacial score (nSPS) is 30.7.